The summed E-state index contributed by atoms with van der Waals surface area (Å²) in [7, 11) is 2.18. The quantitative estimate of drug-likeness (QED) is 0.868. The van der Waals surface area contributed by atoms with Crippen molar-refractivity contribution in [3.63, 3.8) is 0 Å². The molecule has 98 valence electrons. The van der Waals surface area contributed by atoms with Crippen LogP contribution in [0.4, 0.5) is 11.4 Å². The van der Waals surface area contributed by atoms with Crippen LogP contribution in [0.1, 0.15) is 25.3 Å². The molecule has 1 aromatic rings. The Labute approximate surface area is 109 Å². The fraction of sp³-hybridized carbons (Fsp3) is 0.600. The van der Waals surface area contributed by atoms with Crippen LogP contribution in [0.5, 0.6) is 0 Å². The Balaban J connectivity index is 1.83. The van der Waals surface area contributed by atoms with E-state index in [1.807, 2.05) is 0 Å². The third kappa shape index (κ3) is 2.07. The SMILES string of the molecule is CC1OCCC1N(C)c1ccc2c(c1)NCCC2. The molecular formula is C15H22N2O. The molecule has 3 heteroatoms. The minimum atomic E-state index is 0.332. The van der Waals surface area contributed by atoms with Gasteiger partial charge in [-0.25, -0.2) is 0 Å². The van der Waals surface area contributed by atoms with Gasteiger partial charge in [0.15, 0.2) is 0 Å². The highest BCUT2D eigenvalue weighted by Crippen LogP contribution is 2.30. The number of hydrogen-bond acceptors (Lipinski definition) is 3. The summed E-state index contributed by atoms with van der Waals surface area (Å²) in [5.41, 5.74) is 4.07. The Morgan fingerprint density at radius 3 is 3.06 bits per heavy atom. The number of nitrogens with one attached hydrogen (secondary N) is 1. The lowest BCUT2D eigenvalue weighted by molar-refractivity contribution is 0.118. The summed E-state index contributed by atoms with van der Waals surface area (Å²) in [6.07, 6.45) is 3.91. The minimum Gasteiger partial charge on any atom is -0.385 e. The molecule has 1 saturated heterocycles. The number of rotatable bonds is 2. The Morgan fingerprint density at radius 2 is 2.28 bits per heavy atom. The van der Waals surface area contributed by atoms with Crippen molar-refractivity contribution in [3.8, 4) is 0 Å². The van der Waals surface area contributed by atoms with E-state index in [2.05, 4.69) is 42.4 Å². The summed E-state index contributed by atoms with van der Waals surface area (Å²) in [5.74, 6) is 0. The Hall–Kier alpha value is -1.22. The molecule has 2 unspecified atom stereocenters. The number of hydrogen-bond donors (Lipinski definition) is 1. The predicted molar refractivity (Wildman–Crippen MR) is 75.5 cm³/mol. The molecule has 3 nitrogen and oxygen atoms in total. The fourth-order valence-corrected chi connectivity index (χ4v) is 3.09. The van der Waals surface area contributed by atoms with Crippen molar-refractivity contribution in [2.24, 2.45) is 0 Å². The molecule has 0 amide bonds. The van der Waals surface area contributed by atoms with Crippen LogP contribution in [0.15, 0.2) is 18.2 Å². The van der Waals surface area contributed by atoms with Gasteiger partial charge in [0.2, 0.25) is 0 Å². The summed E-state index contributed by atoms with van der Waals surface area (Å²) >= 11 is 0. The van der Waals surface area contributed by atoms with Crippen LogP contribution in [0.3, 0.4) is 0 Å². The summed E-state index contributed by atoms with van der Waals surface area (Å²) in [6.45, 7) is 4.16. The largest absolute Gasteiger partial charge is 0.385 e. The lowest BCUT2D eigenvalue weighted by atomic mass is 10.0. The summed E-state index contributed by atoms with van der Waals surface area (Å²) in [4.78, 5) is 2.37. The fourth-order valence-electron chi connectivity index (χ4n) is 3.09. The lowest BCUT2D eigenvalue weighted by Crippen LogP contribution is -2.36. The molecule has 0 bridgehead atoms. The standard InChI is InChI=1S/C15H22N2O/c1-11-15(7-9-18-11)17(2)13-6-5-12-4-3-8-16-14(12)10-13/h5-6,10-11,15-16H,3-4,7-9H2,1-2H3. The first-order valence-corrected chi connectivity index (χ1v) is 6.97. The van der Waals surface area contributed by atoms with E-state index in [1.54, 1.807) is 0 Å². The Kier molecular flexibility index (Phi) is 3.16. The number of benzene rings is 1. The Morgan fingerprint density at radius 1 is 1.39 bits per heavy atom. The van der Waals surface area contributed by atoms with Gasteiger partial charge in [-0.2, -0.15) is 0 Å². The highest BCUT2D eigenvalue weighted by atomic mass is 16.5. The van der Waals surface area contributed by atoms with Gasteiger partial charge in [0, 0.05) is 31.6 Å². The third-order valence-corrected chi connectivity index (χ3v) is 4.27. The van der Waals surface area contributed by atoms with E-state index < -0.39 is 0 Å². The zero-order chi connectivity index (χ0) is 12.5. The van der Waals surface area contributed by atoms with Crippen LogP contribution < -0.4 is 10.2 Å². The maximum Gasteiger partial charge on any atom is 0.0750 e. The number of anilines is 2. The maximum atomic E-state index is 5.66. The van der Waals surface area contributed by atoms with Gasteiger partial charge in [-0.05, 0) is 43.9 Å². The maximum absolute atomic E-state index is 5.66. The number of aryl methyl sites for hydroxylation is 1. The topological polar surface area (TPSA) is 24.5 Å². The van der Waals surface area contributed by atoms with Gasteiger partial charge in [-0.1, -0.05) is 6.07 Å². The molecule has 2 atom stereocenters. The first kappa shape index (κ1) is 11.8. The first-order chi connectivity index (χ1) is 8.75. The van der Waals surface area contributed by atoms with Gasteiger partial charge in [0.05, 0.1) is 12.1 Å². The summed E-state index contributed by atoms with van der Waals surface area (Å²) in [5, 5.41) is 3.50. The van der Waals surface area contributed by atoms with Crippen LogP contribution in [0.25, 0.3) is 0 Å². The van der Waals surface area contributed by atoms with Crippen molar-refractivity contribution < 1.29 is 4.74 Å². The van der Waals surface area contributed by atoms with E-state index in [4.69, 9.17) is 4.74 Å². The lowest BCUT2D eigenvalue weighted by Gasteiger charge is -2.30. The molecule has 2 aliphatic rings. The average Bonchev–Trinajstić information content (AvgIpc) is 2.83. The third-order valence-electron chi connectivity index (χ3n) is 4.27. The molecule has 3 rings (SSSR count). The zero-order valence-electron chi connectivity index (χ0n) is 11.3. The van der Waals surface area contributed by atoms with Gasteiger partial charge in [-0.3, -0.25) is 0 Å². The molecule has 0 radical (unpaired) electrons. The average molecular weight is 246 g/mol. The molecule has 1 aromatic carbocycles. The van der Waals surface area contributed by atoms with Crippen LogP contribution in [0, 0.1) is 0 Å². The van der Waals surface area contributed by atoms with Crippen molar-refractivity contribution in [1.29, 1.82) is 0 Å². The molecule has 1 fully saturated rings. The first-order valence-electron chi connectivity index (χ1n) is 6.97. The van der Waals surface area contributed by atoms with Crippen molar-refractivity contribution in [3.05, 3.63) is 23.8 Å². The van der Waals surface area contributed by atoms with Gasteiger partial charge < -0.3 is 15.0 Å². The number of likely N-dealkylation sites (N-methyl/N-ethyl adjacent to an activating group) is 1. The second-order valence-electron chi connectivity index (χ2n) is 5.41. The number of ether oxygens (including phenoxy) is 1. The van der Waals surface area contributed by atoms with E-state index in [0.717, 1.165) is 19.6 Å². The smallest absolute Gasteiger partial charge is 0.0750 e. The van der Waals surface area contributed by atoms with Gasteiger partial charge in [-0.15, -0.1) is 0 Å². The summed E-state index contributed by atoms with van der Waals surface area (Å²) < 4.78 is 5.66. The molecule has 0 spiro atoms. The highest BCUT2D eigenvalue weighted by molar-refractivity contribution is 5.63. The minimum absolute atomic E-state index is 0.332. The van der Waals surface area contributed by atoms with Gasteiger partial charge >= 0.3 is 0 Å². The van der Waals surface area contributed by atoms with Crippen molar-refractivity contribution in [2.45, 2.75) is 38.3 Å². The van der Waals surface area contributed by atoms with E-state index in [0.29, 0.717) is 12.1 Å². The Bertz CT molecular complexity index is 433. The molecule has 0 aliphatic carbocycles. The molecule has 1 N–H and O–H groups in total. The van der Waals surface area contributed by atoms with Crippen LogP contribution in [-0.2, 0) is 11.2 Å². The van der Waals surface area contributed by atoms with E-state index >= 15 is 0 Å². The predicted octanol–water partition coefficient (Wildman–Crippen LogP) is 2.66. The second-order valence-corrected chi connectivity index (χ2v) is 5.41. The molecular weight excluding hydrogens is 224 g/mol. The summed E-state index contributed by atoms with van der Waals surface area (Å²) in [6, 6.07) is 7.32. The van der Waals surface area contributed by atoms with Crippen LogP contribution in [-0.4, -0.2) is 32.3 Å². The van der Waals surface area contributed by atoms with Crippen molar-refractivity contribution >= 4 is 11.4 Å². The molecule has 18 heavy (non-hydrogen) atoms. The molecule has 0 saturated carbocycles. The van der Waals surface area contributed by atoms with Crippen LogP contribution in [0.2, 0.25) is 0 Å². The number of nitrogens with zero attached hydrogens (tertiary/aromatic N) is 1. The van der Waals surface area contributed by atoms with E-state index in [9.17, 15) is 0 Å². The normalized spacial score (nSPS) is 26.6. The van der Waals surface area contributed by atoms with E-state index in [-0.39, 0.29) is 0 Å². The zero-order valence-corrected chi connectivity index (χ0v) is 11.3. The van der Waals surface area contributed by atoms with Gasteiger partial charge in [0.25, 0.3) is 0 Å². The highest BCUT2D eigenvalue weighted by Gasteiger charge is 2.28. The van der Waals surface area contributed by atoms with E-state index in [1.165, 1.54) is 29.8 Å². The monoisotopic (exact) mass is 246 g/mol. The second kappa shape index (κ2) is 4.81. The van der Waals surface area contributed by atoms with Crippen molar-refractivity contribution in [2.75, 3.05) is 30.4 Å². The number of fused-ring (bicyclic) bond motifs is 1. The van der Waals surface area contributed by atoms with Crippen LogP contribution >= 0.6 is 0 Å². The molecule has 0 aromatic heterocycles. The molecule has 2 heterocycles. The molecule has 2 aliphatic heterocycles. The van der Waals surface area contributed by atoms with Crippen molar-refractivity contribution in [1.82, 2.24) is 0 Å². The van der Waals surface area contributed by atoms with Gasteiger partial charge in [0.1, 0.15) is 0 Å².